The van der Waals surface area contributed by atoms with Crippen LogP contribution in [-0.2, 0) is 17.9 Å². The zero-order valence-corrected chi connectivity index (χ0v) is 22.2. The van der Waals surface area contributed by atoms with E-state index in [0.717, 1.165) is 42.1 Å². The van der Waals surface area contributed by atoms with Crippen LogP contribution in [0.25, 0.3) is 21.3 Å². The second-order valence-corrected chi connectivity index (χ2v) is 11.8. The highest BCUT2D eigenvalue weighted by Crippen LogP contribution is 2.64. The summed E-state index contributed by atoms with van der Waals surface area (Å²) in [7, 11) is 0. The van der Waals surface area contributed by atoms with Gasteiger partial charge in [0.15, 0.2) is 0 Å². The fourth-order valence-corrected chi connectivity index (χ4v) is 6.25. The van der Waals surface area contributed by atoms with Crippen molar-refractivity contribution < 1.29 is 14.6 Å². The van der Waals surface area contributed by atoms with E-state index in [4.69, 9.17) is 9.72 Å². The van der Waals surface area contributed by atoms with E-state index in [1.165, 1.54) is 0 Å². The molecule has 5 aromatic rings. The third kappa shape index (κ3) is 4.08. The van der Waals surface area contributed by atoms with Crippen LogP contribution in [0, 0.1) is 11.3 Å². The largest absolute Gasteiger partial charge is 0.486 e. The van der Waals surface area contributed by atoms with Gasteiger partial charge in [-0.2, -0.15) is 0 Å². The molecule has 2 atom stereocenters. The molecular formula is C28H24BrN3O3S. The summed E-state index contributed by atoms with van der Waals surface area (Å²) in [5.74, 6) is 0.157. The molecule has 0 spiro atoms. The molecule has 2 aromatic heterocycles. The van der Waals surface area contributed by atoms with Gasteiger partial charge < -0.3 is 14.4 Å². The van der Waals surface area contributed by atoms with E-state index in [-0.39, 0.29) is 11.3 Å². The lowest BCUT2D eigenvalue weighted by atomic mass is 10.1. The molecular weight excluding hydrogens is 538 g/mol. The van der Waals surface area contributed by atoms with E-state index in [1.54, 1.807) is 11.3 Å². The fourth-order valence-electron chi connectivity index (χ4n) is 5.10. The Morgan fingerprint density at radius 1 is 1.08 bits per heavy atom. The van der Waals surface area contributed by atoms with Crippen molar-refractivity contribution in [3.63, 3.8) is 0 Å². The van der Waals surface area contributed by atoms with Gasteiger partial charge in [0.05, 0.1) is 27.2 Å². The number of benzene rings is 3. The topological polar surface area (TPSA) is 77.2 Å². The minimum absolute atomic E-state index is 0.148. The number of aliphatic carboxylic acids is 1. The Labute approximate surface area is 220 Å². The lowest BCUT2D eigenvalue weighted by molar-refractivity contribution is -0.139. The van der Waals surface area contributed by atoms with Crippen LogP contribution in [0.5, 0.6) is 5.75 Å². The fraction of sp³-hybridized carbons (Fsp3) is 0.250. The summed E-state index contributed by atoms with van der Waals surface area (Å²) in [5.41, 5.74) is 3.52. The molecule has 182 valence electrons. The lowest BCUT2D eigenvalue weighted by Crippen LogP contribution is -2.07. The number of carboxylic acid groups (broad SMARTS) is 1. The third-order valence-electron chi connectivity index (χ3n) is 7.08. The minimum atomic E-state index is -0.771. The maximum Gasteiger partial charge on any atom is 0.307 e. The number of aromatic nitrogens is 3. The molecule has 1 aliphatic rings. The van der Waals surface area contributed by atoms with Gasteiger partial charge in [0.25, 0.3) is 0 Å². The summed E-state index contributed by atoms with van der Waals surface area (Å²) in [4.78, 5) is 21.6. The van der Waals surface area contributed by atoms with E-state index in [0.29, 0.717) is 18.9 Å². The van der Waals surface area contributed by atoms with Crippen molar-refractivity contribution in [3.05, 3.63) is 87.6 Å². The quantitative estimate of drug-likeness (QED) is 0.235. The second kappa shape index (κ2) is 8.71. The molecule has 3 aromatic carbocycles. The normalized spacial score (nSPS) is 18.5. The highest BCUT2D eigenvalue weighted by Gasteiger charge is 2.64. The Morgan fingerprint density at radius 2 is 1.86 bits per heavy atom. The number of nitrogens with zero attached hydrogens (tertiary/aromatic N) is 3. The molecule has 0 unspecified atom stereocenters. The van der Waals surface area contributed by atoms with Gasteiger partial charge in [-0.05, 0) is 47.4 Å². The number of fused-ring (bicyclic) bond motifs is 2. The molecule has 0 aliphatic heterocycles. The SMILES string of the molecule is CC1(C)[C@H](C(=O)O)[C@@H]1c1nc2cc(OCc3nc4ccccc4s3)ccc2n1Cc1ccc(Br)cc1. The van der Waals surface area contributed by atoms with E-state index < -0.39 is 11.9 Å². The van der Waals surface area contributed by atoms with Crippen LogP contribution in [0.1, 0.15) is 36.2 Å². The van der Waals surface area contributed by atoms with Gasteiger partial charge in [0, 0.05) is 23.0 Å². The zero-order valence-electron chi connectivity index (χ0n) is 19.8. The standard InChI is InChI=1S/C28H24BrN3O3S/c1-28(2)24(25(28)27(33)34)26-31-20-13-18(35-15-23-30-19-5-3-4-6-22(19)36-23)11-12-21(20)32(26)14-16-7-9-17(29)10-8-16/h3-13,24-25H,14-15H2,1-2H3,(H,33,34)/t24-,25+/m1/s1. The first-order valence-corrected chi connectivity index (χ1v) is 13.4. The maximum atomic E-state index is 12.0. The summed E-state index contributed by atoms with van der Waals surface area (Å²) >= 11 is 5.13. The van der Waals surface area contributed by atoms with Gasteiger partial charge >= 0.3 is 5.97 Å². The molecule has 0 bridgehead atoms. The molecule has 0 saturated heterocycles. The molecule has 0 amide bonds. The van der Waals surface area contributed by atoms with Crippen molar-refractivity contribution in [1.29, 1.82) is 0 Å². The van der Waals surface area contributed by atoms with Crippen molar-refractivity contribution in [2.24, 2.45) is 11.3 Å². The summed E-state index contributed by atoms with van der Waals surface area (Å²) < 4.78 is 10.4. The number of imidazole rings is 1. The van der Waals surface area contributed by atoms with Gasteiger partial charge in [-0.25, -0.2) is 9.97 Å². The van der Waals surface area contributed by atoms with Crippen LogP contribution in [0.15, 0.2) is 71.2 Å². The van der Waals surface area contributed by atoms with Gasteiger partial charge in [-0.3, -0.25) is 4.79 Å². The first-order chi connectivity index (χ1) is 17.3. The number of rotatable bonds is 7. The number of para-hydroxylation sites is 1. The highest BCUT2D eigenvalue weighted by atomic mass is 79.9. The zero-order chi connectivity index (χ0) is 25.0. The summed E-state index contributed by atoms with van der Waals surface area (Å²) in [6.07, 6.45) is 0. The van der Waals surface area contributed by atoms with Crippen LogP contribution < -0.4 is 4.74 Å². The van der Waals surface area contributed by atoms with E-state index in [9.17, 15) is 9.90 Å². The number of hydrogen-bond acceptors (Lipinski definition) is 5. The summed E-state index contributed by atoms with van der Waals surface area (Å²) in [5, 5.41) is 10.7. The van der Waals surface area contributed by atoms with Gasteiger partial charge in [0.2, 0.25) is 0 Å². The van der Waals surface area contributed by atoms with Crippen molar-refractivity contribution in [1.82, 2.24) is 14.5 Å². The van der Waals surface area contributed by atoms with Crippen LogP contribution in [0.3, 0.4) is 0 Å². The molecule has 1 saturated carbocycles. The molecule has 2 heterocycles. The Hall–Kier alpha value is -3.23. The molecule has 0 radical (unpaired) electrons. The van der Waals surface area contributed by atoms with Gasteiger partial charge in [-0.15, -0.1) is 11.3 Å². The predicted octanol–water partition coefficient (Wildman–Crippen LogP) is 6.86. The van der Waals surface area contributed by atoms with Crippen LogP contribution >= 0.6 is 27.3 Å². The highest BCUT2D eigenvalue weighted by molar-refractivity contribution is 9.10. The third-order valence-corrected chi connectivity index (χ3v) is 8.61. The Balaban J connectivity index is 1.34. The molecule has 1 aliphatic carbocycles. The first kappa shape index (κ1) is 23.2. The molecule has 6 nitrogen and oxygen atoms in total. The van der Waals surface area contributed by atoms with Crippen molar-refractivity contribution in [2.75, 3.05) is 0 Å². The number of carbonyl (C=O) groups is 1. The smallest absolute Gasteiger partial charge is 0.307 e. The molecule has 1 fully saturated rings. The Morgan fingerprint density at radius 3 is 2.58 bits per heavy atom. The number of ether oxygens (including phenoxy) is 1. The maximum absolute atomic E-state index is 12.0. The van der Waals surface area contributed by atoms with E-state index in [1.807, 2.05) is 62.4 Å². The van der Waals surface area contributed by atoms with Crippen molar-refractivity contribution in [3.8, 4) is 5.75 Å². The number of thiazole rings is 1. The van der Waals surface area contributed by atoms with Gasteiger partial charge in [0.1, 0.15) is 23.2 Å². The predicted molar refractivity (Wildman–Crippen MR) is 145 cm³/mol. The minimum Gasteiger partial charge on any atom is -0.486 e. The number of halogens is 1. The van der Waals surface area contributed by atoms with Crippen molar-refractivity contribution in [2.45, 2.75) is 32.9 Å². The van der Waals surface area contributed by atoms with Crippen molar-refractivity contribution >= 4 is 54.5 Å². The Bertz CT molecular complexity index is 1570. The van der Waals surface area contributed by atoms with Crippen LogP contribution in [-0.4, -0.2) is 25.6 Å². The molecule has 1 N–H and O–H groups in total. The summed E-state index contributed by atoms with van der Waals surface area (Å²) in [6, 6.07) is 22.1. The number of carboxylic acids is 1. The average molecular weight is 562 g/mol. The van der Waals surface area contributed by atoms with E-state index in [2.05, 4.69) is 43.7 Å². The van der Waals surface area contributed by atoms with Crippen LogP contribution in [0.4, 0.5) is 0 Å². The first-order valence-electron chi connectivity index (χ1n) is 11.8. The lowest BCUT2D eigenvalue weighted by Gasteiger charge is -2.11. The molecule has 36 heavy (non-hydrogen) atoms. The number of hydrogen-bond donors (Lipinski definition) is 1. The second-order valence-electron chi connectivity index (χ2n) is 9.81. The molecule has 8 heteroatoms. The van der Waals surface area contributed by atoms with E-state index >= 15 is 0 Å². The summed E-state index contributed by atoms with van der Waals surface area (Å²) in [6.45, 7) is 5.01. The van der Waals surface area contributed by atoms with Gasteiger partial charge in [-0.1, -0.05) is 54.0 Å². The monoisotopic (exact) mass is 561 g/mol. The average Bonchev–Trinajstić information content (AvgIpc) is 3.12. The molecule has 6 rings (SSSR count). The Kier molecular flexibility index (Phi) is 5.61. The van der Waals surface area contributed by atoms with Crippen LogP contribution in [0.2, 0.25) is 0 Å².